The first kappa shape index (κ1) is 18.2. The molecule has 2 aromatic rings. The van der Waals surface area contributed by atoms with Gasteiger partial charge in [0.05, 0.1) is 0 Å². The van der Waals surface area contributed by atoms with Gasteiger partial charge in [-0.3, -0.25) is 4.79 Å². The van der Waals surface area contributed by atoms with E-state index in [1.807, 2.05) is 12.1 Å². The summed E-state index contributed by atoms with van der Waals surface area (Å²) in [6.45, 7) is 4.50. The minimum atomic E-state index is -0.0650. The lowest BCUT2D eigenvalue weighted by Gasteiger charge is -2.34. The second kappa shape index (κ2) is 8.70. The van der Waals surface area contributed by atoms with Crippen LogP contribution in [0, 0.1) is 11.8 Å². The first-order valence-corrected chi connectivity index (χ1v) is 9.23. The molecule has 138 valence electrons. The molecule has 0 radical (unpaired) electrons. The minimum Gasteiger partial charge on any atom is -0.484 e. The summed E-state index contributed by atoms with van der Waals surface area (Å²) in [5, 5.41) is 3.12. The van der Waals surface area contributed by atoms with Crippen LogP contribution in [0.25, 0.3) is 0 Å². The Balaban J connectivity index is 1.46. The Morgan fingerprint density at radius 2 is 1.88 bits per heavy atom. The van der Waals surface area contributed by atoms with Crippen LogP contribution in [0.5, 0.6) is 17.4 Å². The molecule has 1 aliphatic rings. The fourth-order valence-electron chi connectivity index (χ4n) is 3.32. The van der Waals surface area contributed by atoms with Crippen molar-refractivity contribution in [3.63, 3.8) is 0 Å². The van der Waals surface area contributed by atoms with E-state index in [9.17, 15) is 4.79 Å². The Hall–Kier alpha value is -2.56. The molecule has 0 aliphatic heterocycles. The van der Waals surface area contributed by atoms with Crippen molar-refractivity contribution in [2.24, 2.45) is 11.8 Å². The second-order valence-corrected chi connectivity index (χ2v) is 6.97. The van der Waals surface area contributed by atoms with Gasteiger partial charge in [-0.25, -0.2) is 4.98 Å². The molecule has 1 amide bonds. The highest BCUT2D eigenvalue weighted by Crippen LogP contribution is 2.29. The molecule has 3 rings (SSSR count). The lowest BCUT2D eigenvalue weighted by Crippen LogP contribution is -2.45. The molecule has 1 saturated carbocycles. The smallest absolute Gasteiger partial charge is 0.258 e. The molecule has 1 heterocycles. The van der Waals surface area contributed by atoms with Crippen LogP contribution in [-0.4, -0.2) is 23.5 Å². The maximum atomic E-state index is 12.2. The molecule has 0 bridgehead atoms. The van der Waals surface area contributed by atoms with E-state index >= 15 is 0 Å². The van der Waals surface area contributed by atoms with E-state index in [4.69, 9.17) is 9.47 Å². The summed E-state index contributed by atoms with van der Waals surface area (Å²) < 4.78 is 11.2. The molecule has 1 fully saturated rings. The fraction of sp³-hybridized carbons (Fsp3) is 0.429. The zero-order valence-corrected chi connectivity index (χ0v) is 15.4. The SMILES string of the molecule is C[C@H]1[C@H](C)CCC[C@H]1NC(=O)COc1ccc(Oc2ccccn2)cc1. The summed E-state index contributed by atoms with van der Waals surface area (Å²) in [5.74, 6) is 2.95. The highest BCUT2D eigenvalue weighted by Gasteiger charge is 2.28. The number of carbonyl (C=O) groups is 1. The van der Waals surface area contributed by atoms with Gasteiger partial charge in [0, 0.05) is 18.3 Å². The number of pyridine rings is 1. The van der Waals surface area contributed by atoms with Crippen LogP contribution in [0.1, 0.15) is 33.1 Å². The Morgan fingerprint density at radius 3 is 2.62 bits per heavy atom. The van der Waals surface area contributed by atoms with Crippen molar-refractivity contribution in [3.05, 3.63) is 48.7 Å². The number of carbonyl (C=O) groups excluding carboxylic acids is 1. The first-order valence-electron chi connectivity index (χ1n) is 9.23. The summed E-state index contributed by atoms with van der Waals surface area (Å²) >= 11 is 0. The zero-order valence-electron chi connectivity index (χ0n) is 15.4. The monoisotopic (exact) mass is 354 g/mol. The van der Waals surface area contributed by atoms with E-state index in [1.165, 1.54) is 12.8 Å². The van der Waals surface area contributed by atoms with Gasteiger partial charge in [0.15, 0.2) is 6.61 Å². The summed E-state index contributed by atoms with van der Waals surface area (Å²) in [4.78, 5) is 16.3. The summed E-state index contributed by atoms with van der Waals surface area (Å²) in [5.41, 5.74) is 0. The molecule has 1 aliphatic carbocycles. The standard InChI is InChI=1S/C21H26N2O3/c1-15-6-5-7-19(16(15)2)23-20(24)14-25-17-9-11-18(12-10-17)26-21-8-3-4-13-22-21/h3-4,8-13,15-16,19H,5-7,14H2,1-2H3,(H,23,24)/t15-,16+,19-/m1/s1. The zero-order chi connectivity index (χ0) is 18.4. The molecule has 1 N–H and O–H groups in total. The topological polar surface area (TPSA) is 60.5 Å². The number of aromatic nitrogens is 1. The van der Waals surface area contributed by atoms with Gasteiger partial charge in [-0.1, -0.05) is 32.8 Å². The number of hydrogen-bond acceptors (Lipinski definition) is 4. The van der Waals surface area contributed by atoms with Gasteiger partial charge in [-0.2, -0.15) is 0 Å². The number of nitrogens with zero attached hydrogens (tertiary/aromatic N) is 1. The van der Waals surface area contributed by atoms with Crippen LogP contribution in [-0.2, 0) is 4.79 Å². The highest BCUT2D eigenvalue weighted by atomic mass is 16.5. The number of nitrogens with one attached hydrogen (secondary N) is 1. The summed E-state index contributed by atoms with van der Waals surface area (Å²) in [6, 6.07) is 12.9. The molecule has 1 aromatic heterocycles. The van der Waals surface area contributed by atoms with E-state index in [0.29, 0.717) is 29.2 Å². The maximum absolute atomic E-state index is 12.2. The van der Waals surface area contributed by atoms with Gasteiger partial charge in [-0.15, -0.1) is 0 Å². The normalized spacial score (nSPS) is 22.5. The second-order valence-electron chi connectivity index (χ2n) is 6.97. The lowest BCUT2D eigenvalue weighted by atomic mass is 9.78. The maximum Gasteiger partial charge on any atom is 0.258 e. The predicted molar refractivity (Wildman–Crippen MR) is 100 cm³/mol. The van der Waals surface area contributed by atoms with Crippen LogP contribution < -0.4 is 14.8 Å². The van der Waals surface area contributed by atoms with Crippen LogP contribution >= 0.6 is 0 Å². The van der Waals surface area contributed by atoms with Crippen molar-refractivity contribution in [2.75, 3.05) is 6.61 Å². The van der Waals surface area contributed by atoms with Gasteiger partial charge in [-0.05, 0) is 48.6 Å². The average Bonchev–Trinajstić information content (AvgIpc) is 2.66. The molecule has 5 heteroatoms. The lowest BCUT2D eigenvalue weighted by molar-refractivity contribution is -0.124. The van der Waals surface area contributed by atoms with Gasteiger partial charge >= 0.3 is 0 Å². The summed E-state index contributed by atoms with van der Waals surface area (Å²) in [7, 11) is 0. The third-order valence-corrected chi connectivity index (χ3v) is 5.11. The van der Waals surface area contributed by atoms with Crippen molar-refractivity contribution in [2.45, 2.75) is 39.2 Å². The molecule has 26 heavy (non-hydrogen) atoms. The largest absolute Gasteiger partial charge is 0.484 e. The van der Waals surface area contributed by atoms with Crippen LogP contribution in [0.2, 0.25) is 0 Å². The van der Waals surface area contributed by atoms with E-state index in [-0.39, 0.29) is 18.6 Å². The number of amides is 1. The Kier molecular flexibility index (Phi) is 6.10. The third-order valence-electron chi connectivity index (χ3n) is 5.11. The Morgan fingerprint density at radius 1 is 1.12 bits per heavy atom. The van der Waals surface area contributed by atoms with E-state index in [2.05, 4.69) is 24.1 Å². The van der Waals surface area contributed by atoms with Gasteiger partial charge in [0.1, 0.15) is 11.5 Å². The van der Waals surface area contributed by atoms with E-state index in [1.54, 1.807) is 36.5 Å². The fourth-order valence-corrected chi connectivity index (χ4v) is 3.32. The van der Waals surface area contributed by atoms with Gasteiger partial charge < -0.3 is 14.8 Å². The third kappa shape index (κ3) is 4.97. The molecule has 0 saturated heterocycles. The first-order chi connectivity index (χ1) is 12.6. The van der Waals surface area contributed by atoms with E-state index in [0.717, 1.165) is 6.42 Å². The van der Waals surface area contributed by atoms with Crippen molar-refractivity contribution < 1.29 is 14.3 Å². The quantitative estimate of drug-likeness (QED) is 0.845. The van der Waals surface area contributed by atoms with Crippen LogP contribution in [0.15, 0.2) is 48.7 Å². The highest BCUT2D eigenvalue weighted by molar-refractivity contribution is 5.77. The van der Waals surface area contributed by atoms with Crippen LogP contribution in [0.4, 0.5) is 0 Å². The summed E-state index contributed by atoms with van der Waals surface area (Å²) in [6.07, 6.45) is 5.15. The number of benzene rings is 1. The molecule has 0 spiro atoms. The van der Waals surface area contributed by atoms with E-state index < -0.39 is 0 Å². The molecule has 5 nitrogen and oxygen atoms in total. The van der Waals surface area contributed by atoms with Gasteiger partial charge in [0.2, 0.25) is 5.88 Å². The average molecular weight is 354 g/mol. The van der Waals surface area contributed by atoms with Gasteiger partial charge in [0.25, 0.3) is 5.91 Å². The minimum absolute atomic E-state index is 0.0258. The number of rotatable bonds is 6. The Bertz CT molecular complexity index is 703. The molecule has 0 unspecified atom stereocenters. The molecule has 1 aromatic carbocycles. The molecular weight excluding hydrogens is 328 g/mol. The Labute approximate surface area is 154 Å². The molecular formula is C21H26N2O3. The van der Waals surface area contributed by atoms with Crippen molar-refractivity contribution in [1.82, 2.24) is 10.3 Å². The van der Waals surface area contributed by atoms with Crippen molar-refractivity contribution in [1.29, 1.82) is 0 Å². The van der Waals surface area contributed by atoms with Crippen molar-refractivity contribution in [3.8, 4) is 17.4 Å². The number of hydrogen-bond donors (Lipinski definition) is 1. The predicted octanol–water partition coefficient (Wildman–Crippen LogP) is 4.19. The molecule has 3 atom stereocenters. The van der Waals surface area contributed by atoms with Crippen molar-refractivity contribution >= 4 is 5.91 Å². The van der Waals surface area contributed by atoms with Crippen LogP contribution in [0.3, 0.4) is 0 Å². The number of ether oxygens (including phenoxy) is 2.